The highest BCUT2D eigenvalue weighted by Crippen LogP contribution is 2.22. The van der Waals surface area contributed by atoms with Crippen LogP contribution in [0, 0.1) is 6.92 Å². The van der Waals surface area contributed by atoms with Gasteiger partial charge in [-0.2, -0.15) is 0 Å². The van der Waals surface area contributed by atoms with E-state index in [9.17, 15) is 5.11 Å². The number of aryl methyl sites for hydroxylation is 1. The van der Waals surface area contributed by atoms with Crippen molar-refractivity contribution in [1.29, 1.82) is 0 Å². The molecule has 4 nitrogen and oxygen atoms in total. The van der Waals surface area contributed by atoms with Gasteiger partial charge in [0.1, 0.15) is 12.4 Å². The molecule has 1 aromatic carbocycles. The van der Waals surface area contributed by atoms with Crippen molar-refractivity contribution in [2.24, 2.45) is 0 Å². The molecular weight excluding hydrogens is 220 g/mol. The molecule has 0 bridgehead atoms. The Balaban J connectivity index is 2.43. The number of hydrogen-bond acceptors (Lipinski definition) is 4. The number of hydrogen-bond donors (Lipinski definition) is 2. The first kappa shape index (κ1) is 14.0. The van der Waals surface area contributed by atoms with Gasteiger partial charge in [-0.1, -0.05) is 6.07 Å². The fraction of sp³-hybridized carbons (Fsp3) is 0.538. The highest BCUT2D eigenvalue weighted by Gasteiger charge is 2.04. The van der Waals surface area contributed by atoms with Crippen LogP contribution in [0.3, 0.4) is 0 Å². The molecule has 0 aromatic heterocycles. The fourth-order valence-corrected chi connectivity index (χ4v) is 1.47. The van der Waals surface area contributed by atoms with Crippen LogP contribution in [-0.4, -0.2) is 36.6 Å². The predicted molar refractivity (Wildman–Crippen MR) is 65.2 cm³/mol. The third-order valence-electron chi connectivity index (χ3n) is 2.40. The lowest BCUT2D eigenvalue weighted by atomic mass is 10.1. The van der Waals surface area contributed by atoms with Gasteiger partial charge in [0, 0.05) is 0 Å². The van der Waals surface area contributed by atoms with Gasteiger partial charge in [-0.3, -0.25) is 0 Å². The predicted octanol–water partition coefficient (Wildman–Crippen LogP) is 1.44. The summed E-state index contributed by atoms with van der Waals surface area (Å²) in [5, 5.41) is 17.9. The molecule has 0 unspecified atom stereocenters. The average molecular weight is 240 g/mol. The van der Waals surface area contributed by atoms with E-state index in [1.54, 1.807) is 6.92 Å². The average Bonchev–Trinajstić information content (AvgIpc) is 2.30. The topological polar surface area (TPSA) is 58.9 Å². The molecule has 0 radical (unpaired) electrons. The third kappa shape index (κ3) is 4.73. The second kappa shape index (κ2) is 7.27. The molecule has 0 saturated heterocycles. The molecule has 0 aliphatic carbocycles. The zero-order valence-corrected chi connectivity index (χ0v) is 10.3. The maximum absolute atomic E-state index is 9.43. The van der Waals surface area contributed by atoms with Crippen molar-refractivity contribution in [2.45, 2.75) is 20.0 Å². The second-order valence-corrected chi connectivity index (χ2v) is 3.89. The van der Waals surface area contributed by atoms with Gasteiger partial charge in [-0.05, 0) is 37.1 Å². The van der Waals surface area contributed by atoms with E-state index in [4.69, 9.17) is 14.6 Å². The summed E-state index contributed by atoms with van der Waals surface area (Å²) in [5.41, 5.74) is 1.87. The van der Waals surface area contributed by atoms with Crippen molar-refractivity contribution in [3.05, 3.63) is 29.3 Å². The van der Waals surface area contributed by atoms with Crippen LogP contribution in [0.25, 0.3) is 0 Å². The van der Waals surface area contributed by atoms with Gasteiger partial charge in [0.2, 0.25) is 0 Å². The van der Waals surface area contributed by atoms with E-state index in [1.165, 1.54) is 0 Å². The van der Waals surface area contributed by atoms with Gasteiger partial charge in [0.25, 0.3) is 0 Å². The largest absolute Gasteiger partial charge is 0.491 e. The third-order valence-corrected chi connectivity index (χ3v) is 2.40. The Morgan fingerprint density at radius 1 is 1.24 bits per heavy atom. The van der Waals surface area contributed by atoms with E-state index in [1.807, 2.05) is 25.1 Å². The normalized spacial score (nSPS) is 12.5. The summed E-state index contributed by atoms with van der Waals surface area (Å²) in [7, 11) is 0. The van der Waals surface area contributed by atoms with Crippen LogP contribution in [0.15, 0.2) is 18.2 Å². The van der Waals surface area contributed by atoms with Gasteiger partial charge in [0.15, 0.2) is 0 Å². The van der Waals surface area contributed by atoms with Crippen molar-refractivity contribution >= 4 is 0 Å². The zero-order chi connectivity index (χ0) is 12.7. The monoisotopic (exact) mass is 240 g/mol. The second-order valence-electron chi connectivity index (χ2n) is 3.89. The lowest BCUT2D eigenvalue weighted by Gasteiger charge is -2.12. The number of benzene rings is 1. The van der Waals surface area contributed by atoms with Gasteiger partial charge in [-0.15, -0.1) is 0 Å². The van der Waals surface area contributed by atoms with Crippen molar-refractivity contribution in [2.75, 3.05) is 26.4 Å². The minimum atomic E-state index is -0.462. The molecule has 4 heteroatoms. The summed E-state index contributed by atoms with van der Waals surface area (Å²) < 4.78 is 10.6. The Morgan fingerprint density at radius 3 is 2.59 bits per heavy atom. The number of ether oxygens (including phenoxy) is 2. The van der Waals surface area contributed by atoms with Crippen LogP contribution in [0.2, 0.25) is 0 Å². The summed E-state index contributed by atoms with van der Waals surface area (Å²) in [5.74, 6) is 0.794. The molecule has 96 valence electrons. The molecule has 2 N–H and O–H groups in total. The Morgan fingerprint density at radius 2 is 2.00 bits per heavy atom. The molecule has 0 amide bonds. The van der Waals surface area contributed by atoms with Crippen LogP contribution in [0.4, 0.5) is 0 Å². The van der Waals surface area contributed by atoms with E-state index >= 15 is 0 Å². The fourth-order valence-electron chi connectivity index (χ4n) is 1.47. The maximum Gasteiger partial charge on any atom is 0.122 e. The first-order valence-corrected chi connectivity index (χ1v) is 5.75. The molecule has 0 heterocycles. The van der Waals surface area contributed by atoms with Gasteiger partial charge < -0.3 is 19.7 Å². The molecule has 0 saturated carbocycles. The Hall–Kier alpha value is -1.10. The smallest absolute Gasteiger partial charge is 0.122 e. The first-order chi connectivity index (χ1) is 8.15. The van der Waals surface area contributed by atoms with E-state index in [-0.39, 0.29) is 6.61 Å². The Labute approximate surface area is 102 Å². The first-order valence-electron chi connectivity index (χ1n) is 5.75. The maximum atomic E-state index is 9.43. The molecule has 1 atom stereocenters. The minimum absolute atomic E-state index is 0.0299. The van der Waals surface area contributed by atoms with Crippen molar-refractivity contribution in [1.82, 2.24) is 0 Å². The Bertz CT molecular complexity index is 336. The summed E-state index contributed by atoms with van der Waals surface area (Å²) in [6, 6.07) is 5.61. The molecule has 1 rings (SSSR count). The van der Waals surface area contributed by atoms with Crippen LogP contribution in [-0.2, 0) is 4.74 Å². The highest BCUT2D eigenvalue weighted by atomic mass is 16.5. The van der Waals surface area contributed by atoms with Crippen molar-refractivity contribution in [3.8, 4) is 5.75 Å². The van der Waals surface area contributed by atoms with Crippen LogP contribution >= 0.6 is 0 Å². The van der Waals surface area contributed by atoms with Crippen molar-refractivity contribution < 1.29 is 19.7 Å². The number of rotatable bonds is 7. The van der Waals surface area contributed by atoms with E-state index in [2.05, 4.69) is 0 Å². The van der Waals surface area contributed by atoms with Gasteiger partial charge in [0.05, 0.1) is 25.9 Å². The number of aliphatic hydroxyl groups is 2. The quantitative estimate of drug-likeness (QED) is 0.708. The minimum Gasteiger partial charge on any atom is -0.491 e. The molecule has 17 heavy (non-hydrogen) atoms. The molecular formula is C13H20O4. The van der Waals surface area contributed by atoms with Crippen LogP contribution in [0.5, 0.6) is 5.75 Å². The molecule has 1 aromatic rings. The van der Waals surface area contributed by atoms with E-state index in [0.29, 0.717) is 19.8 Å². The number of aliphatic hydroxyl groups excluding tert-OH is 2. The zero-order valence-electron chi connectivity index (χ0n) is 10.3. The summed E-state index contributed by atoms with van der Waals surface area (Å²) in [6.45, 7) is 4.95. The van der Waals surface area contributed by atoms with E-state index in [0.717, 1.165) is 16.9 Å². The summed E-state index contributed by atoms with van der Waals surface area (Å²) in [4.78, 5) is 0. The summed E-state index contributed by atoms with van der Waals surface area (Å²) >= 11 is 0. The molecule has 0 aliphatic rings. The standard InChI is InChI=1S/C13H20O4/c1-10-9-12(11(2)15)3-4-13(10)17-8-7-16-6-5-14/h3-4,9,11,14-15H,5-8H2,1-2H3/t11-/m1/s1. The van der Waals surface area contributed by atoms with Crippen molar-refractivity contribution in [3.63, 3.8) is 0 Å². The molecule has 0 fully saturated rings. The van der Waals surface area contributed by atoms with Gasteiger partial charge in [-0.25, -0.2) is 0 Å². The molecule has 0 spiro atoms. The highest BCUT2D eigenvalue weighted by molar-refractivity contribution is 5.36. The van der Waals surface area contributed by atoms with Crippen LogP contribution < -0.4 is 4.74 Å². The SMILES string of the molecule is Cc1cc([C@@H](C)O)ccc1OCCOCCO. The van der Waals surface area contributed by atoms with Gasteiger partial charge >= 0.3 is 0 Å². The molecule has 0 aliphatic heterocycles. The van der Waals surface area contributed by atoms with E-state index < -0.39 is 6.10 Å². The lowest BCUT2D eigenvalue weighted by molar-refractivity contribution is 0.0703. The lowest BCUT2D eigenvalue weighted by Crippen LogP contribution is -2.09. The summed E-state index contributed by atoms with van der Waals surface area (Å²) in [6.07, 6.45) is -0.462. The Kier molecular flexibility index (Phi) is 5.97. The van der Waals surface area contributed by atoms with Crippen LogP contribution in [0.1, 0.15) is 24.2 Å².